The Balaban J connectivity index is 0.712. The van der Waals surface area contributed by atoms with Crippen molar-refractivity contribution in [1.82, 2.24) is 40.2 Å². The number of aliphatic hydroxyl groups excluding tert-OH is 1. The minimum Gasteiger partial charge on any atom is -0.391 e. The number of rotatable bonds is 25. The molecule has 18 nitrogen and oxygen atoms in total. The second-order valence-corrected chi connectivity index (χ2v) is 19.7. The number of amides is 4. The van der Waals surface area contributed by atoms with E-state index < -0.39 is 47.2 Å². The number of likely N-dealkylation sites (tertiary alicyclic amines) is 1. The molecule has 3 atom stereocenters. The van der Waals surface area contributed by atoms with Gasteiger partial charge in [0.25, 0.3) is 5.91 Å². The number of carbonyl (C=O) groups is 4. The van der Waals surface area contributed by atoms with Crippen molar-refractivity contribution in [3.63, 3.8) is 0 Å². The Hall–Kier alpha value is -6.27. The Morgan fingerprint density at radius 1 is 0.824 bits per heavy atom. The number of aliphatic hydroxyl groups is 1. The Kier molecular flexibility index (Phi) is 19.0. The lowest BCUT2D eigenvalue weighted by molar-refractivity contribution is -0.144. The number of hydrogen-bond acceptors (Lipinski definition) is 13. The van der Waals surface area contributed by atoms with Crippen molar-refractivity contribution in [1.29, 1.82) is 0 Å². The third-order valence-electron chi connectivity index (χ3n) is 12.2. The lowest BCUT2D eigenvalue weighted by Crippen LogP contribution is -2.58. The van der Waals surface area contributed by atoms with Crippen LogP contribution >= 0.6 is 11.3 Å². The van der Waals surface area contributed by atoms with Crippen molar-refractivity contribution in [2.24, 2.45) is 12.5 Å². The Morgan fingerprint density at radius 2 is 1.46 bits per heavy atom. The van der Waals surface area contributed by atoms with E-state index in [-0.39, 0.29) is 70.9 Å². The van der Waals surface area contributed by atoms with Crippen LogP contribution in [0, 0.1) is 12.3 Å². The molecule has 4 N–H and O–H groups in total. The summed E-state index contributed by atoms with van der Waals surface area (Å²) in [5.74, 6) is -1.67. The average Bonchev–Trinajstić information content (AvgIpc) is 4.15. The number of β-amino-alcohol motifs (C(OH)–C–C–N with tert-alkyl or cyclic N) is 1. The van der Waals surface area contributed by atoms with Crippen LogP contribution in [0.5, 0.6) is 0 Å². The molecular formula is C52H63F3N8O10S. The lowest BCUT2D eigenvalue weighted by Gasteiger charge is -2.35. The normalized spacial score (nSPS) is 15.5. The molecule has 4 amide bonds. The first-order valence-electron chi connectivity index (χ1n) is 24.3. The van der Waals surface area contributed by atoms with E-state index in [9.17, 15) is 37.5 Å². The van der Waals surface area contributed by atoms with E-state index in [2.05, 4.69) is 26.0 Å². The molecule has 22 heteroatoms. The van der Waals surface area contributed by atoms with Gasteiger partial charge in [0.05, 0.1) is 92.7 Å². The van der Waals surface area contributed by atoms with Gasteiger partial charge < -0.3 is 49.6 Å². The zero-order valence-electron chi connectivity index (χ0n) is 42.0. The number of hydrogen-bond donors (Lipinski definition) is 4. The molecule has 0 aliphatic carbocycles. The average molecular weight is 1050 g/mol. The van der Waals surface area contributed by atoms with Crippen LogP contribution in [-0.4, -0.2) is 150 Å². The number of thiazole rings is 1. The smallest absolute Gasteiger partial charge is 0.391 e. The fourth-order valence-electron chi connectivity index (χ4n) is 8.46. The summed E-state index contributed by atoms with van der Waals surface area (Å²) in [5, 5.41) is 25.1. The highest BCUT2D eigenvalue weighted by molar-refractivity contribution is 7.13. The Labute approximate surface area is 430 Å². The summed E-state index contributed by atoms with van der Waals surface area (Å²) >= 11 is 1.56. The highest BCUT2D eigenvalue weighted by Crippen LogP contribution is 2.35. The standard InChI is InChI=1S/C52H63F3N8O10S/c1-33-45(74-32-58-33)35-8-6-34(7-9-35)28-57-49(67)43-27-39(64)29-62(43)50(68)46(51(2,3)4)59-44(65)31-73-25-24-72-23-22-71-21-20-70-19-18-69-17-16-56-48(66)36-10-15-42-40(26-36)41-30-61(5)60-47(41)63(42)38-13-11-37(12-14-38)52(53,54)55/h6-15,26,30,32,39,43,46,64H,16-25,27-29,31H2,1-5H3,(H,56,66)(H,57,67)(H,59,65)/t39-,43+,46-/m0/s1. The highest BCUT2D eigenvalue weighted by Gasteiger charge is 2.44. The third-order valence-corrected chi connectivity index (χ3v) is 13.2. The van der Waals surface area contributed by atoms with E-state index in [0.717, 1.165) is 44.6 Å². The van der Waals surface area contributed by atoms with Crippen molar-refractivity contribution in [2.75, 3.05) is 79.2 Å². The van der Waals surface area contributed by atoms with Gasteiger partial charge in [0.2, 0.25) is 17.7 Å². The number of ether oxygens (including phenoxy) is 5. The largest absolute Gasteiger partial charge is 0.416 e. The molecule has 7 rings (SSSR count). The maximum absolute atomic E-state index is 13.9. The summed E-state index contributed by atoms with van der Waals surface area (Å²) in [6.07, 6.45) is -3.46. The van der Waals surface area contributed by atoms with Gasteiger partial charge in [-0.2, -0.15) is 18.3 Å². The topological polar surface area (TPSA) is 210 Å². The lowest BCUT2D eigenvalue weighted by atomic mass is 9.85. The molecule has 3 aromatic carbocycles. The molecule has 0 bridgehead atoms. The predicted molar refractivity (Wildman–Crippen MR) is 271 cm³/mol. The van der Waals surface area contributed by atoms with E-state index in [1.54, 1.807) is 57.5 Å². The van der Waals surface area contributed by atoms with Gasteiger partial charge in [-0.15, -0.1) is 11.3 Å². The van der Waals surface area contributed by atoms with E-state index >= 15 is 0 Å². The van der Waals surface area contributed by atoms with Crippen LogP contribution in [0.25, 0.3) is 38.1 Å². The number of aromatic nitrogens is 4. The number of alkyl halides is 3. The minimum atomic E-state index is -4.45. The fraction of sp³-hybridized carbons (Fsp3) is 0.462. The van der Waals surface area contributed by atoms with Crippen molar-refractivity contribution in [3.8, 4) is 16.1 Å². The summed E-state index contributed by atoms with van der Waals surface area (Å²) < 4.78 is 70.7. The van der Waals surface area contributed by atoms with Crippen LogP contribution in [0.2, 0.25) is 0 Å². The SMILES string of the molecule is Cc1ncsc1-c1ccc(CNC(=O)[C@H]2C[C@H](O)CN2C(=O)[C@H](NC(=O)COCCOCCOCCOCCOCCNC(=O)c2ccc3c(c2)c2cn(C)nc2n3-c2ccc(C(F)(F)F)cc2)C(C)(C)C)cc1. The molecule has 3 aromatic heterocycles. The van der Waals surface area contributed by atoms with Gasteiger partial charge in [-0.3, -0.25) is 28.4 Å². The zero-order chi connectivity index (χ0) is 53.0. The number of benzene rings is 3. The number of fused-ring (bicyclic) bond motifs is 3. The molecule has 1 aliphatic heterocycles. The van der Waals surface area contributed by atoms with Gasteiger partial charge in [-0.25, -0.2) is 4.98 Å². The van der Waals surface area contributed by atoms with Crippen LogP contribution < -0.4 is 16.0 Å². The van der Waals surface area contributed by atoms with Crippen LogP contribution in [0.4, 0.5) is 13.2 Å². The van der Waals surface area contributed by atoms with Gasteiger partial charge in [-0.05, 0) is 65.9 Å². The quantitative estimate of drug-likeness (QED) is 0.0518. The highest BCUT2D eigenvalue weighted by atomic mass is 32.1. The molecule has 1 fully saturated rings. The zero-order valence-corrected chi connectivity index (χ0v) is 42.9. The summed E-state index contributed by atoms with van der Waals surface area (Å²) in [7, 11) is 1.75. The molecule has 4 heterocycles. The van der Waals surface area contributed by atoms with Gasteiger partial charge in [0.1, 0.15) is 18.7 Å². The molecule has 0 spiro atoms. The second-order valence-electron chi connectivity index (χ2n) is 18.9. The van der Waals surface area contributed by atoms with Gasteiger partial charge in [0.15, 0.2) is 5.65 Å². The van der Waals surface area contributed by atoms with Crippen LogP contribution in [0.15, 0.2) is 78.4 Å². The van der Waals surface area contributed by atoms with E-state index in [0.29, 0.717) is 55.4 Å². The molecule has 1 aliphatic rings. The Bertz CT molecular complexity index is 2850. The number of nitrogens with one attached hydrogen (secondary N) is 3. The molecule has 0 radical (unpaired) electrons. The summed E-state index contributed by atoms with van der Waals surface area (Å²) in [6, 6.07) is 15.9. The van der Waals surface area contributed by atoms with Gasteiger partial charge in [0, 0.05) is 61.3 Å². The monoisotopic (exact) mass is 1050 g/mol. The fourth-order valence-corrected chi connectivity index (χ4v) is 9.27. The van der Waals surface area contributed by atoms with Gasteiger partial charge in [-0.1, -0.05) is 45.0 Å². The molecular weight excluding hydrogens is 986 g/mol. The first kappa shape index (κ1) is 55.5. The first-order chi connectivity index (χ1) is 35.4. The summed E-state index contributed by atoms with van der Waals surface area (Å²) in [6.45, 7) is 10.0. The predicted octanol–water partition coefficient (Wildman–Crippen LogP) is 5.59. The molecule has 0 unspecified atom stereocenters. The van der Waals surface area contributed by atoms with E-state index in [1.165, 1.54) is 17.0 Å². The van der Waals surface area contributed by atoms with Crippen molar-refractivity contribution >= 4 is 56.9 Å². The summed E-state index contributed by atoms with van der Waals surface area (Å²) in [5.41, 5.74) is 5.38. The molecule has 6 aromatic rings. The van der Waals surface area contributed by atoms with Crippen molar-refractivity contribution in [3.05, 3.63) is 101 Å². The third kappa shape index (κ3) is 14.5. The molecule has 0 saturated carbocycles. The molecule has 1 saturated heterocycles. The van der Waals surface area contributed by atoms with E-state index in [1.807, 2.05) is 52.0 Å². The van der Waals surface area contributed by atoms with E-state index in [4.69, 9.17) is 23.7 Å². The molecule has 74 heavy (non-hydrogen) atoms. The van der Waals surface area contributed by atoms with Crippen LogP contribution in [-0.2, 0) is 57.8 Å². The first-order valence-corrected chi connectivity index (χ1v) is 25.1. The Morgan fingerprint density at radius 3 is 2.07 bits per heavy atom. The van der Waals surface area contributed by atoms with Crippen LogP contribution in [0.3, 0.4) is 0 Å². The van der Waals surface area contributed by atoms with Gasteiger partial charge >= 0.3 is 6.18 Å². The maximum atomic E-state index is 13.9. The van der Waals surface area contributed by atoms with Crippen molar-refractivity contribution in [2.45, 2.75) is 65.0 Å². The molecule has 398 valence electrons. The number of halogens is 3. The van der Waals surface area contributed by atoms with Crippen molar-refractivity contribution < 1.29 is 61.1 Å². The number of aryl methyl sites for hydroxylation is 2. The maximum Gasteiger partial charge on any atom is 0.416 e. The number of carbonyl (C=O) groups excluding carboxylic acids is 4. The second kappa shape index (κ2) is 25.3. The minimum absolute atomic E-state index is 0.0345. The summed E-state index contributed by atoms with van der Waals surface area (Å²) in [4.78, 5) is 60.0. The van der Waals surface area contributed by atoms with Crippen LogP contribution in [0.1, 0.15) is 54.4 Å². The number of nitrogens with zero attached hydrogens (tertiary/aromatic N) is 5.